The summed E-state index contributed by atoms with van der Waals surface area (Å²) in [7, 11) is 0. The van der Waals surface area contributed by atoms with E-state index >= 15 is 0 Å². The maximum Gasteiger partial charge on any atom is 0.134 e. The lowest BCUT2D eigenvalue weighted by atomic mass is 10.1. The summed E-state index contributed by atoms with van der Waals surface area (Å²) in [5.74, 6) is 0.156. The Morgan fingerprint density at radius 2 is 2.06 bits per heavy atom. The van der Waals surface area contributed by atoms with Crippen molar-refractivity contribution < 1.29 is 4.79 Å². The Hall–Kier alpha value is -1.90. The summed E-state index contributed by atoms with van der Waals surface area (Å²) in [6.45, 7) is 6.18. The van der Waals surface area contributed by atoms with Crippen LogP contribution in [-0.2, 0) is 24.2 Å². The van der Waals surface area contributed by atoms with Crippen molar-refractivity contribution in [2.24, 2.45) is 0 Å². The Morgan fingerprint density at radius 3 is 2.67 bits per heavy atom. The molecule has 0 saturated heterocycles. The summed E-state index contributed by atoms with van der Waals surface area (Å²) in [4.78, 5) is 11.2. The second kappa shape index (κ2) is 5.63. The Bertz CT molecular complexity index is 529. The lowest BCUT2D eigenvalue weighted by Gasteiger charge is -2.00. The number of benzene rings is 1. The molecule has 18 heavy (non-hydrogen) atoms. The Labute approximate surface area is 107 Å². The van der Waals surface area contributed by atoms with Crippen LogP contribution in [-0.4, -0.2) is 15.6 Å². The molecule has 0 fully saturated rings. The van der Waals surface area contributed by atoms with E-state index in [-0.39, 0.29) is 5.78 Å². The van der Waals surface area contributed by atoms with Crippen LogP contribution < -0.4 is 0 Å². The molecule has 2 rings (SSSR count). The molecule has 3 nitrogen and oxygen atoms in total. The first-order valence-electron chi connectivity index (χ1n) is 6.07. The van der Waals surface area contributed by atoms with Crippen molar-refractivity contribution in [3.63, 3.8) is 0 Å². The molecule has 93 valence electrons. The van der Waals surface area contributed by atoms with Gasteiger partial charge in [0.05, 0.1) is 12.2 Å². The standard InChI is InChI=1S/C15H17N2O/c1-3-15-14(9-12(2)18)11-17(16-15)10-13-7-5-4-6-8-13/h4-8,11H,1,3,9-10H2,2H3. The van der Waals surface area contributed by atoms with Crippen LogP contribution in [0, 0.1) is 6.92 Å². The molecule has 0 amide bonds. The number of rotatable bonds is 5. The van der Waals surface area contributed by atoms with E-state index in [1.165, 1.54) is 5.56 Å². The van der Waals surface area contributed by atoms with Crippen molar-refractivity contribution in [2.45, 2.75) is 26.3 Å². The minimum Gasteiger partial charge on any atom is -0.300 e. The summed E-state index contributed by atoms with van der Waals surface area (Å²) < 4.78 is 1.88. The van der Waals surface area contributed by atoms with Crippen molar-refractivity contribution in [1.29, 1.82) is 0 Å². The van der Waals surface area contributed by atoms with E-state index in [1.807, 2.05) is 29.1 Å². The molecule has 1 aromatic carbocycles. The minimum atomic E-state index is 0.156. The molecule has 0 spiro atoms. The summed E-state index contributed by atoms with van der Waals surface area (Å²) in [6, 6.07) is 10.1. The molecule has 0 N–H and O–H groups in total. The molecule has 0 aliphatic rings. The minimum absolute atomic E-state index is 0.156. The van der Waals surface area contributed by atoms with Gasteiger partial charge in [-0.2, -0.15) is 5.10 Å². The van der Waals surface area contributed by atoms with Gasteiger partial charge in [-0.1, -0.05) is 30.3 Å². The van der Waals surface area contributed by atoms with Gasteiger partial charge in [0.2, 0.25) is 0 Å². The van der Waals surface area contributed by atoms with Crippen LogP contribution in [0.1, 0.15) is 23.7 Å². The van der Waals surface area contributed by atoms with E-state index in [1.54, 1.807) is 6.92 Å². The number of hydrogen-bond acceptors (Lipinski definition) is 2. The Morgan fingerprint density at radius 1 is 1.33 bits per heavy atom. The third-order valence-electron chi connectivity index (χ3n) is 2.79. The molecule has 0 bridgehead atoms. The molecule has 1 heterocycles. The summed E-state index contributed by atoms with van der Waals surface area (Å²) in [5.41, 5.74) is 3.11. The quantitative estimate of drug-likeness (QED) is 0.806. The van der Waals surface area contributed by atoms with E-state index in [0.717, 1.165) is 17.8 Å². The maximum absolute atomic E-state index is 11.2. The predicted molar refractivity (Wildman–Crippen MR) is 71.2 cm³/mol. The average Bonchev–Trinajstić information content (AvgIpc) is 2.71. The second-order valence-electron chi connectivity index (χ2n) is 4.41. The van der Waals surface area contributed by atoms with E-state index < -0.39 is 0 Å². The van der Waals surface area contributed by atoms with E-state index in [2.05, 4.69) is 24.2 Å². The van der Waals surface area contributed by atoms with Crippen LogP contribution in [0.5, 0.6) is 0 Å². The highest BCUT2D eigenvalue weighted by molar-refractivity contribution is 5.78. The van der Waals surface area contributed by atoms with Gasteiger partial charge < -0.3 is 0 Å². The first-order valence-corrected chi connectivity index (χ1v) is 6.07. The zero-order valence-corrected chi connectivity index (χ0v) is 10.6. The number of ketones is 1. The molecule has 0 unspecified atom stereocenters. The fourth-order valence-corrected chi connectivity index (χ4v) is 1.98. The number of hydrogen-bond donors (Lipinski definition) is 0. The van der Waals surface area contributed by atoms with E-state index in [0.29, 0.717) is 12.8 Å². The first kappa shape index (κ1) is 12.6. The van der Waals surface area contributed by atoms with Gasteiger partial charge in [-0.15, -0.1) is 0 Å². The van der Waals surface area contributed by atoms with Gasteiger partial charge in [0.1, 0.15) is 5.78 Å². The van der Waals surface area contributed by atoms with Gasteiger partial charge in [0, 0.05) is 18.2 Å². The lowest BCUT2D eigenvalue weighted by molar-refractivity contribution is -0.116. The highest BCUT2D eigenvalue weighted by Crippen LogP contribution is 2.11. The van der Waals surface area contributed by atoms with Gasteiger partial charge in [-0.05, 0) is 25.8 Å². The van der Waals surface area contributed by atoms with Crippen LogP contribution in [0.25, 0.3) is 0 Å². The average molecular weight is 241 g/mol. The summed E-state index contributed by atoms with van der Waals surface area (Å²) in [5, 5.41) is 4.48. The topological polar surface area (TPSA) is 34.9 Å². The SMILES string of the molecule is [CH2]Cc1nn(Cc2ccccc2)cc1CC(C)=O. The number of Topliss-reactive ketones (excluding diaryl/α,β-unsaturated/α-hetero) is 1. The molecule has 0 aliphatic carbocycles. The van der Waals surface area contributed by atoms with E-state index in [4.69, 9.17) is 0 Å². The number of carbonyl (C=O) groups excluding carboxylic acids is 1. The fraction of sp³-hybridized carbons (Fsp3) is 0.267. The number of carbonyl (C=O) groups is 1. The van der Waals surface area contributed by atoms with Crippen molar-refractivity contribution in [1.82, 2.24) is 9.78 Å². The Kier molecular flexibility index (Phi) is 3.92. The van der Waals surface area contributed by atoms with Crippen molar-refractivity contribution in [3.8, 4) is 0 Å². The molecular weight excluding hydrogens is 224 g/mol. The van der Waals surface area contributed by atoms with Gasteiger partial charge >= 0.3 is 0 Å². The maximum atomic E-state index is 11.2. The monoisotopic (exact) mass is 241 g/mol. The zero-order chi connectivity index (χ0) is 13.0. The molecular formula is C15H17N2O. The third-order valence-corrected chi connectivity index (χ3v) is 2.79. The van der Waals surface area contributed by atoms with Crippen LogP contribution in [0.2, 0.25) is 0 Å². The van der Waals surface area contributed by atoms with Gasteiger partial charge in [-0.25, -0.2) is 0 Å². The van der Waals surface area contributed by atoms with Gasteiger partial charge in [-0.3, -0.25) is 9.48 Å². The van der Waals surface area contributed by atoms with Crippen molar-refractivity contribution in [2.75, 3.05) is 0 Å². The van der Waals surface area contributed by atoms with Crippen LogP contribution in [0.3, 0.4) is 0 Å². The molecule has 1 aromatic heterocycles. The van der Waals surface area contributed by atoms with Crippen LogP contribution in [0.4, 0.5) is 0 Å². The normalized spacial score (nSPS) is 10.6. The van der Waals surface area contributed by atoms with Crippen molar-refractivity contribution in [3.05, 3.63) is 60.3 Å². The molecule has 0 saturated carbocycles. The predicted octanol–water partition coefficient (Wildman–Crippen LogP) is 2.44. The molecule has 0 atom stereocenters. The first-order chi connectivity index (χ1) is 8.69. The summed E-state index contributed by atoms with van der Waals surface area (Å²) >= 11 is 0. The van der Waals surface area contributed by atoms with Crippen LogP contribution in [0.15, 0.2) is 36.5 Å². The number of aromatic nitrogens is 2. The van der Waals surface area contributed by atoms with Crippen LogP contribution >= 0.6 is 0 Å². The Balaban J connectivity index is 2.19. The highest BCUT2D eigenvalue weighted by Gasteiger charge is 2.09. The molecule has 3 heteroatoms. The van der Waals surface area contributed by atoms with Crippen molar-refractivity contribution >= 4 is 5.78 Å². The van der Waals surface area contributed by atoms with E-state index in [9.17, 15) is 4.79 Å². The molecule has 2 aromatic rings. The molecule has 1 radical (unpaired) electrons. The third kappa shape index (κ3) is 3.06. The number of nitrogens with zero attached hydrogens (tertiary/aromatic N) is 2. The highest BCUT2D eigenvalue weighted by atomic mass is 16.1. The second-order valence-corrected chi connectivity index (χ2v) is 4.41. The zero-order valence-electron chi connectivity index (χ0n) is 10.6. The lowest BCUT2D eigenvalue weighted by Crippen LogP contribution is -2.00. The largest absolute Gasteiger partial charge is 0.300 e. The van der Waals surface area contributed by atoms with Gasteiger partial charge in [0.15, 0.2) is 0 Å². The summed E-state index contributed by atoms with van der Waals surface area (Å²) in [6.07, 6.45) is 3.01. The fourth-order valence-electron chi connectivity index (χ4n) is 1.98. The van der Waals surface area contributed by atoms with Gasteiger partial charge in [0.25, 0.3) is 0 Å². The smallest absolute Gasteiger partial charge is 0.134 e. The molecule has 0 aliphatic heterocycles.